The lowest BCUT2D eigenvalue weighted by atomic mass is 9.71. The van der Waals surface area contributed by atoms with Crippen molar-refractivity contribution in [2.75, 3.05) is 20.2 Å². The van der Waals surface area contributed by atoms with Gasteiger partial charge in [-0.1, -0.05) is 6.08 Å². The summed E-state index contributed by atoms with van der Waals surface area (Å²) in [4.78, 5) is 8.70. The van der Waals surface area contributed by atoms with Crippen LogP contribution >= 0.6 is 0 Å². The number of ether oxygens (including phenoxy) is 1. The van der Waals surface area contributed by atoms with Gasteiger partial charge in [0.15, 0.2) is 0 Å². The Morgan fingerprint density at radius 3 is 2.84 bits per heavy atom. The molecule has 5 atom stereocenters. The second-order valence-corrected chi connectivity index (χ2v) is 9.12. The highest BCUT2D eigenvalue weighted by Crippen LogP contribution is 2.48. The summed E-state index contributed by atoms with van der Waals surface area (Å²) in [6, 6.07) is 12.2. The number of benzene rings is 1. The SMILES string of the molecule is C=CC1C[N+]2(Cc3ccncc3)CCC1CC2[C@H](O)c1ccnc2ccc(OC)cc12. The number of nitrogens with zero attached hydrogens (tertiary/aromatic N) is 3. The molecule has 3 aliphatic heterocycles. The number of piperidine rings is 3. The number of aromatic nitrogens is 2. The van der Waals surface area contributed by atoms with E-state index < -0.39 is 6.10 Å². The summed E-state index contributed by atoms with van der Waals surface area (Å²) in [5.74, 6) is 1.89. The van der Waals surface area contributed by atoms with E-state index in [1.165, 1.54) is 12.0 Å². The number of rotatable bonds is 6. The van der Waals surface area contributed by atoms with Crippen LogP contribution in [0.2, 0.25) is 0 Å². The lowest BCUT2D eigenvalue weighted by molar-refractivity contribution is -0.984. The van der Waals surface area contributed by atoms with Gasteiger partial charge in [-0.3, -0.25) is 9.97 Å². The van der Waals surface area contributed by atoms with E-state index in [9.17, 15) is 5.11 Å². The standard InChI is InChI=1S/C26H30N3O2/c1-3-19-17-29(16-18-6-10-27-11-7-18)13-9-20(19)14-25(29)26(30)22-8-12-28-24-5-4-21(31-2)15-23(22)24/h3-8,10-12,15,19-20,25-26,30H,1,9,13-14,16-17H2,2H3/q+1/t19?,20?,25?,26-,29?/m1/s1. The van der Waals surface area contributed by atoms with Crippen molar-refractivity contribution in [1.29, 1.82) is 0 Å². The minimum atomic E-state index is -0.562. The summed E-state index contributed by atoms with van der Waals surface area (Å²) in [5, 5.41) is 12.8. The number of hydrogen-bond acceptors (Lipinski definition) is 4. The molecule has 0 spiro atoms. The fourth-order valence-corrected chi connectivity index (χ4v) is 5.97. The van der Waals surface area contributed by atoms with Gasteiger partial charge in [-0.05, 0) is 47.9 Å². The van der Waals surface area contributed by atoms with Gasteiger partial charge >= 0.3 is 0 Å². The third-order valence-corrected chi connectivity index (χ3v) is 7.59. The Hall–Kier alpha value is -2.76. The quantitative estimate of drug-likeness (QED) is 0.481. The fraction of sp³-hybridized carbons (Fsp3) is 0.385. The number of hydrogen-bond donors (Lipinski definition) is 1. The van der Waals surface area contributed by atoms with Crippen LogP contribution < -0.4 is 4.74 Å². The predicted octanol–water partition coefficient (Wildman–Crippen LogP) is 4.28. The highest BCUT2D eigenvalue weighted by molar-refractivity contribution is 5.83. The molecule has 0 radical (unpaired) electrons. The number of aliphatic hydroxyl groups is 1. The molecule has 6 rings (SSSR count). The highest BCUT2D eigenvalue weighted by atomic mass is 16.5. The second kappa shape index (κ2) is 8.06. The molecule has 3 fully saturated rings. The lowest BCUT2D eigenvalue weighted by Gasteiger charge is -2.58. The molecular weight excluding hydrogens is 386 g/mol. The Kier molecular flexibility index (Phi) is 5.24. The molecule has 0 saturated carbocycles. The van der Waals surface area contributed by atoms with Crippen LogP contribution in [0.4, 0.5) is 0 Å². The molecule has 3 aliphatic rings. The average Bonchev–Trinajstić information content (AvgIpc) is 2.83. The van der Waals surface area contributed by atoms with Crippen LogP contribution in [0, 0.1) is 11.8 Å². The first-order valence-electron chi connectivity index (χ1n) is 11.1. The fourth-order valence-electron chi connectivity index (χ4n) is 5.97. The van der Waals surface area contributed by atoms with Crippen molar-refractivity contribution >= 4 is 10.9 Å². The third kappa shape index (κ3) is 3.52. The Balaban J connectivity index is 1.56. The summed E-state index contributed by atoms with van der Waals surface area (Å²) < 4.78 is 6.34. The van der Waals surface area contributed by atoms with Crippen LogP contribution in [0.3, 0.4) is 0 Å². The third-order valence-electron chi connectivity index (χ3n) is 7.59. The second-order valence-electron chi connectivity index (χ2n) is 9.12. The molecular formula is C26H30N3O2+. The molecule has 3 saturated heterocycles. The first-order chi connectivity index (χ1) is 15.1. The zero-order chi connectivity index (χ0) is 21.4. The van der Waals surface area contributed by atoms with E-state index >= 15 is 0 Å². The van der Waals surface area contributed by atoms with Gasteiger partial charge in [0.25, 0.3) is 0 Å². The Bertz CT molecular complexity index is 1090. The molecule has 5 heterocycles. The maximum atomic E-state index is 11.8. The zero-order valence-electron chi connectivity index (χ0n) is 18.0. The predicted molar refractivity (Wildman–Crippen MR) is 121 cm³/mol. The molecule has 5 nitrogen and oxygen atoms in total. The van der Waals surface area contributed by atoms with Gasteiger partial charge in [0.2, 0.25) is 0 Å². The van der Waals surface area contributed by atoms with Crippen molar-refractivity contribution in [3.63, 3.8) is 0 Å². The molecule has 3 aromatic rings. The summed E-state index contributed by atoms with van der Waals surface area (Å²) in [5.41, 5.74) is 3.11. The van der Waals surface area contributed by atoms with Gasteiger partial charge in [-0.2, -0.15) is 0 Å². The van der Waals surface area contributed by atoms with Gasteiger partial charge in [0.1, 0.15) is 24.4 Å². The van der Waals surface area contributed by atoms with Crippen LogP contribution in [0.5, 0.6) is 5.75 Å². The monoisotopic (exact) mass is 416 g/mol. The van der Waals surface area contributed by atoms with Crippen molar-refractivity contribution < 1.29 is 14.3 Å². The van der Waals surface area contributed by atoms with Crippen LogP contribution in [0.1, 0.15) is 30.1 Å². The van der Waals surface area contributed by atoms with Crippen molar-refractivity contribution in [3.05, 3.63) is 78.8 Å². The molecule has 2 aromatic heterocycles. The minimum Gasteiger partial charge on any atom is -0.497 e. The average molecular weight is 417 g/mol. The van der Waals surface area contributed by atoms with Crippen LogP contribution in [0.25, 0.3) is 10.9 Å². The normalized spacial score (nSPS) is 28.4. The van der Waals surface area contributed by atoms with Gasteiger partial charge in [0.05, 0.1) is 25.7 Å². The molecule has 1 aromatic carbocycles. The Labute approximate surface area is 183 Å². The molecule has 0 amide bonds. The maximum absolute atomic E-state index is 11.8. The largest absolute Gasteiger partial charge is 0.497 e. The molecule has 4 unspecified atom stereocenters. The van der Waals surface area contributed by atoms with Crippen LogP contribution in [0.15, 0.2) is 67.6 Å². The summed E-state index contributed by atoms with van der Waals surface area (Å²) in [6.45, 7) is 7.16. The smallest absolute Gasteiger partial charge is 0.131 e. The first-order valence-corrected chi connectivity index (χ1v) is 11.1. The molecule has 0 aliphatic carbocycles. The van der Waals surface area contributed by atoms with Crippen molar-refractivity contribution in [3.8, 4) is 5.75 Å². The Morgan fingerprint density at radius 1 is 1.23 bits per heavy atom. The highest BCUT2D eigenvalue weighted by Gasteiger charge is 2.53. The Morgan fingerprint density at radius 2 is 2.06 bits per heavy atom. The van der Waals surface area contributed by atoms with E-state index in [0.717, 1.165) is 52.8 Å². The van der Waals surface area contributed by atoms with Crippen molar-refractivity contribution in [2.24, 2.45) is 11.8 Å². The van der Waals surface area contributed by atoms with Crippen LogP contribution in [-0.4, -0.2) is 45.8 Å². The van der Waals surface area contributed by atoms with Gasteiger partial charge in [-0.15, -0.1) is 6.58 Å². The van der Waals surface area contributed by atoms with E-state index in [4.69, 9.17) is 4.74 Å². The molecule has 160 valence electrons. The number of quaternary nitrogens is 1. The summed E-state index contributed by atoms with van der Waals surface area (Å²) >= 11 is 0. The number of methoxy groups -OCH3 is 1. The number of aliphatic hydroxyl groups excluding tert-OH is 1. The summed E-state index contributed by atoms with van der Waals surface area (Å²) in [6.07, 6.45) is 9.31. The van der Waals surface area contributed by atoms with Gasteiger partial charge in [0, 0.05) is 48.3 Å². The number of pyridine rings is 2. The minimum absolute atomic E-state index is 0.139. The van der Waals surface area contributed by atoms with Gasteiger partial charge < -0.3 is 14.3 Å². The lowest BCUT2D eigenvalue weighted by Crippen LogP contribution is -2.67. The van der Waals surface area contributed by atoms with Gasteiger partial charge in [-0.25, -0.2) is 0 Å². The van der Waals surface area contributed by atoms with E-state index in [-0.39, 0.29) is 6.04 Å². The van der Waals surface area contributed by atoms with Crippen LogP contribution in [-0.2, 0) is 6.54 Å². The zero-order valence-corrected chi connectivity index (χ0v) is 18.0. The number of fused-ring (bicyclic) bond motifs is 4. The van der Waals surface area contributed by atoms with Crippen molar-refractivity contribution in [1.82, 2.24) is 9.97 Å². The molecule has 5 heteroatoms. The van der Waals surface area contributed by atoms with E-state index in [0.29, 0.717) is 11.8 Å². The van der Waals surface area contributed by atoms with E-state index in [1.54, 1.807) is 7.11 Å². The topological polar surface area (TPSA) is 55.2 Å². The maximum Gasteiger partial charge on any atom is 0.131 e. The molecule has 2 bridgehead atoms. The van der Waals surface area contributed by atoms with E-state index in [1.807, 2.05) is 42.9 Å². The first kappa shape index (κ1) is 20.2. The van der Waals surface area contributed by atoms with Crippen molar-refractivity contribution in [2.45, 2.75) is 31.5 Å². The summed E-state index contributed by atoms with van der Waals surface area (Å²) in [7, 11) is 1.67. The van der Waals surface area contributed by atoms with E-state index in [2.05, 4.69) is 34.8 Å². The molecule has 1 N–H and O–H groups in total. The molecule has 31 heavy (non-hydrogen) atoms.